The number of rotatable bonds is 4. The molecule has 1 aliphatic carbocycles. The molecule has 0 unspecified atom stereocenters. The van der Waals surface area contributed by atoms with E-state index in [2.05, 4.69) is 15.9 Å². The molecule has 7 heteroatoms. The van der Waals surface area contributed by atoms with Gasteiger partial charge in [0.1, 0.15) is 11.6 Å². The first kappa shape index (κ1) is 20.2. The minimum absolute atomic E-state index is 0.0259. The van der Waals surface area contributed by atoms with Crippen LogP contribution in [0.1, 0.15) is 25.7 Å². The van der Waals surface area contributed by atoms with Crippen LogP contribution >= 0.6 is 11.6 Å². The van der Waals surface area contributed by atoms with Crippen molar-refractivity contribution >= 4 is 28.2 Å². The Morgan fingerprint density at radius 1 is 1.00 bits per heavy atom. The summed E-state index contributed by atoms with van der Waals surface area (Å²) in [7, 11) is 0. The first-order valence-corrected chi connectivity index (χ1v) is 11.9. The molecular weight excluding hydrogens is 427 g/mol. The second-order valence-electron chi connectivity index (χ2n) is 9.39. The van der Waals surface area contributed by atoms with Crippen LogP contribution in [0.3, 0.4) is 0 Å². The van der Waals surface area contributed by atoms with Crippen LogP contribution in [0, 0.1) is 11.7 Å². The molecule has 4 fully saturated rings. The van der Waals surface area contributed by atoms with Crippen LogP contribution in [0.2, 0.25) is 5.02 Å². The first-order valence-electron chi connectivity index (χ1n) is 11.6. The number of aromatic nitrogens is 2. The van der Waals surface area contributed by atoms with Crippen LogP contribution in [0.15, 0.2) is 41.2 Å². The minimum atomic E-state index is -0.472. The summed E-state index contributed by atoms with van der Waals surface area (Å²) in [6.45, 7) is 5.02. The van der Waals surface area contributed by atoms with Gasteiger partial charge in [0.15, 0.2) is 0 Å². The molecule has 3 aromatic rings. The third-order valence-corrected chi connectivity index (χ3v) is 7.53. The standard InChI is InChI=1S/C25H26ClFN4O/c26-21-13-17(3-5-22(21)27)24-28-23-6-4-19(30-12-11-29-9-7-18(30)8-10-29)14-20(23)25(32)31(24)15-16-1-2-16/h3-6,13-14,16,18H,1-2,7-12,15H2. The van der Waals surface area contributed by atoms with Crippen molar-refractivity contribution in [1.29, 1.82) is 0 Å². The number of hydrogen-bond acceptors (Lipinski definition) is 4. The molecule has 3 aliphatic heterocycles. The van der Waals surface area contributed by atoms with E-state index in [0.717, 1.165) is 44.7 Å². The van der Waals surface area contributed by atoms with Crippen molar-refractivity contribution in [2.45, 2.75) is 38.3 Å². The topological polar surface area (TPSA) is 41.4 Å². The fourth-order valence-electron chi connectivity index (χ4n) is 5.20. The number of anilines is 1. The van der Waals surface area contributed by atoms with E-state index in [9.17, 15) is 9.18 Å². The van der Waals surface area contributed by atoms with Gasteiger partial charge >= 0.3 is 0 Å². The zero-order valence-electron chi connectivity index (χ0n) is 17.9. The lowest BCUT2D eigenvalue weighted by Gasteiger charge is -2.33. The molecule has 2 aromatic carbocycles. The summed E-state index contributed by atoms with van der Waals surface area (Å²) in [5, 5.41) is 0.691. The molecule has 0 atom stereocenters. The Balaban J connectivity index is 1.47. The average Bonchev–Trinajstić information content (AvgIpc) is 3.65. The van der Waals surface area contributed by atoms with Crippen molar-refractivity contribution in [2.24, 2.45) is 5.92 Å². The van der Waals surface area contributed by atoms with Crippen molar-refractivity contribution in [2.75, 3.05) is 31.1 Å². The molecule has 5 nitrogen and oxygen atoms in total. The zero-order chi connectivity index (χ0) is 21.8. The number of nitrogens with zero attached hydrogens (tertiary/aromatic N) is 4. The van der Waals surface area contributed by atoms with Gasteiger partial charge < -0.3 is 9.80 Å². The van der Waals surface area contributed by atoms with Gasteiger partial charge in [-0.05, 0) is 68.0 Å². The molecule has 0 spiro atoms. The fraction of sp³-hybridized carbons (Fsp3) is 0.440. The maximum Gasteiger partial charge on any atom is 0.261 e. The van der Waals surface area contributed by atoms with Gasteiger partial charge in [0, 0.05) is 50.0 Å². The Kier molecular flexibility index (Phi) is 4.95. The van der Waals surface area contributed by atoms with Crippen LogP contribution in [-0.4, -0.2) is 46.7 Å². The average molecular weight is 453 g/mol. The number of benzene rings is 2. The van der Waals surface area contributed by atoms with Gasteiger partial charge in [0.25, 0.3) is 5.56 Å². The Hall–Kier alpha value is -2.44. The van der Waals surface area contributed by atoms with Crippen molar-refractivity contribution in [3.63, 3.8) is 0 Å². The molecule has 1 aromatic heterocycles. The second kappa shape index (κ2) is 7.85. The molecule has 4 aliphatic rings. The van der Waals surface area contributed by atoms with E-state index in [-0.39, 0.29) is 10.6 Å². The quantitative estimate of drug-likeness (QED) is 0.582. The highest BCUT2D eigenvalue weighted by molar-refractivity contribution is 6.31. The third-order valence-electron chi connectivity index (χ3n) is 7.24. The Morgan fingerprint density at radius 3 is 2.56 bits per heavy atom. The number of fused-ring (bicyclic) bond motifs is 5. The van der Waals surface area contributed by atoms with Gasteiger partial charge in [0.05, 0.1) is 15.9 Å². The predicted molar refractivity (Wildman–Crippen MR) is 126 cm³/mol. The lowest BCUT2D eigenvalue weighted by molar-refractivity contribution is 0.250. The summed E-state index contributed by atoms with van der Waals surface area (Å²) in [6, 6.07) is 11.2. The summed E-state index contributed by atoms with van der Waals surface area (Å²) < 4.78 is 15.5. The summed E-state index contributed by atoms with van der Waals surface area (Å²) in [4.78, 5) is 23.6. The Labute approximate surface area is 191 Å². The highest BCUT2D eigenvalue weighted by atomic mass is 35.5. The van der Waals surface area contributed by atoms with E-state index in [0.29, 0.717) is 40.8 Å². The fourth-order valence-corrected chi connectivity index (χ4v) is 5.38. The largest absolute Gasteiger partial charge is 0.367 e. The molecule has 1 saturated carbocycles. The lowest BCUT2D eigenvalue weighted by Crippen LogP contribution is -2.38. The molecule has 3 saturated heterocycles. The second-order valence-corrected chi connectivity index (χ2v) is 9.80. The molecule has 2 bridgehead atoms. The van der Waals surface area contributed by atoms with Gasteiger partial charge in [-0.1, -0.05) is 11.6 Å². The van der Waals surface area contributed by atoms with E-state index in [1.807, 2.05) is 12.1 Å². The minimum Gasteiger partial charge on any atom is -0.367 e. The van der Waals surface area contributed by atoms with E-state index in [4.69, 9.17) is 16.6 Å². The monoisotopic (exact) mass is 452 g/mol. The molecule has 32 heavy (non-hydrogen) atoms. The Morgan fingerprint density at radius 2 is 1.81 bits per heavy atom. The maximum absolute atomic E-state index is 13.8. The smallest absolute Gasteiger partial charge is 0.261 e. The highest BCUT2D eigenvalue weighted by Gasteiger charge is 2.30. The zero-order valence-corrected chi connectivity index (χ0v) is 18.7. The van der Waals surface area contributed by atoms with Crippen LogP contribution < -0.4 is 10.5 Å². The Bertz CT molecular complexity index is 1250. The summed E-state index contributed by atoms with van der Waals surface area (Å²) in [5.41, 5.74) is 2.42. The summed E-state index contributed by atoms with van der Waals surface area (Å²) in [5.74, 6) is 0.588. The van der Waals surface area contributed by atoms with Crippen LogP contribution in [0.5, 0.6) is 0 Å². The molecule has 166 valence electrons. The summed E-state index contributed by atoms with van der Waals surface area (Å²) >= 11 is 6.04. The van der Waals surface area contributed by atoms with Crippen molar-refractivity contribution < 1.29 is 4.39 Å². The molecule has 0 N–H and O–H groups in total. The van der Waals surface area contributed by atoms with Gasteiger partial charge in [-0.25, -0.2) is 9.37 Å². The van der Waals surface area contributed by atoms with Crippen molar-refractivity contribution in [3.8, 4) is 11.4 Å². The number of hydrogen-bond donors (Lipinski definition) is 0. The van der Waals surface area contributed by atoms with Gasteiger partial charge in [-0.15, -0.1) is 0 Å². The van der Waals surface area contributed by atoms with E-state index in [1.165, 1.54) is 18.9 Å². The normalized spacial score (nSPS) is 23.0. The number of piperidine rings is 1. The molecule has 7 rings (SSSR count). The molecule has 0 radical (unpaired) electrons. The van der Waals surface area contributed by atoms with Gasteiger partial charge in [-0.2, -0.15) is 0 Å². The SMILES string of the molecule is O=c1c2cc(N3CCN4CCC3CC4)ccc2nc(-c2ccc(F)c(Cl)c2)n1CC1CC1. The molecule has 4 heterocycles. The van der Waals surface area contributed by atoms with Crippen LogP contribution in [-0.2, 0) is 6.54 Å². The van der Waals surface area contributed by atoms with Crippen LogP contribution in [0.25, 0.3) is 22.3 Å². The van der Waals surface area contributed by atoms with Gasteiger partial charge in [0.2, 0.25) is 0 Å². The third kappa shape index (κ3) is 3.59. The molecule has 0 amide bonds. The van der Waals surface area contributed by atoms with E-state index in [1.54, 1.807) is 16.7 Å². The van der Waals surface area contributed by atoms with Gasteiger partial charge in [-0.3, -0.25) is 9.36 Å². The van der Waals surface area contributed by atoms with E-state index >= 15 is 0 Å². The maximum atomic E-state index is 13.8. The lowest BCUT2D eigenvalue weighted by atomic mass is 10.0. The van der Waals surface area contributed by atoms with Crippen molar-refractivity contribution in [1.82, 2.24) is 14.5 Å². The first-order chi connectivity index (χ1) is 15.6. The summed E-state index contributed by atoms with van der Waals surface area (Å²) in [6.07, 6.45) is 4.60. The highest BCUT2D eigenvalue weighted by Crippen LogP contribution is 2.33. The number of halogens is 2. The predicted octanol–water partition coefficient (Wildman–Crippen LogP) is 4.55. The van der Waals surface area contributed by atoms with E-state index < -0.39 is 5.82 Å². The van der Waals surface area contributed by atoms with Crippen molar-refractivity contribution in [3.05, 3.63) is 57.6 Å². The molecular formula is C25H26ClFN4O. The van der Waals surface area contributed by atoms with Crippen LogP contribution in [0.4, 0.5) is 10.1 Å².